The van der Waals surface area contributed by atoms with Gasteiger partial charge in [-0.3, -0.25) is 9.59 Å². The number of fused-ring (bicyclic) bond motifs is 1. The highest BCUT2D eigenvalue weighted by atomic mass is 32.2. The lowest BCUT2D eigenvalue weighted by Crippen LogP contribution is -2.12. The van der Waals surface area contributed by atoms with Crippen LogP contribution in [-0.4, -0.2) is 34.9 Å². The molecular formula is C15H19NO4S. The fraction of sp³-hybridized carbons (Fsp3) is 0.533. The molecule has 0 spiro atoms. The van der Waals surface area contributed by atoms with Gasteiger partial charge in [0, 0.05) is 12.8 Å². The molecule has 0 saturated heterocycles. The molecular weight excluding hydrogens is 290 g/mol. The molecule has 0 aliphatic heterocycles. The fourth-order valence-electron chi connectivity index (χ4n) is 2.41. The first kappa shape index (κ1) is 15.8. The molecule has 0 aromatic carbocycles. The summed E-state index contributed by atoms with van der Waals surface area (Å²) >= 11 is 1.39. The van der Waals surface area contributed by atoms with E-state index < -0.39 is 5.97 Å². The van der Waals surface area contributed by atoms with Crippen LogP contribution in [0.2, 0.25) is 0 Å². The molecule has 0 atom stereocenters. The summed E-state index contributed by atoms with van der Waals surface area (Å²) in [5, 5.41) is 0. The van der Waals surface area contributed by atoms with Crippen LogP contribution < -0.4 is 0 Å². The van der Waals surface area contributed by atoms with Crippen molar-refractivity contribution in [2.24, 2.45) is 0 Å². The zero-order chi connectivity index (χ0) is 15.4. The van der Waals surface area contributed by atoms with E-state index in [1.807, 2.05) is 6.92 Å². The van der Waals surface area contributed by atoms with Gasteiger partial charge in [0.15, 0.2) is 11.6 Å². The molecule has 0 saturated carbocycles. The topological polar surface area (TPSA) is 76.2 Å². The van der Waals surface area contributed by atoms with Crippen LogP contribution in [0.1, 0.15) is 70.9 Å². The van der Waals surface area contributed by atoms with Gasteiger partial charge < -0.3 is 9.72 Å². The van der Waals surface area contributed by atoms with E-state index in [2.05, 4.69) is 4.98 Å². The van der Waals surface area contributed by atoms with E-state index in [1.54, 1.807) is 6.92 Å². The highest BCUT2D eigenvalue weighted by Crippen LogP contribution is 2.33. The van der Waals surface area contributed by atoms with Crippen LogP contribution in [-0.2, 0) is 4.74 Å². The molecule has 0 bridgehead atoms. The number of carbonyl (C=O) groups excluding carboxylic acids is 3. The van der Waals surface area contributed by atoms with Crippen LogP contribution in [0.25, 0.3) is 0 Å². The molecule has 1 aliphatic carbocycles. The van der Waals surface area contributed by atoms with Gasteiger partial charge in [0.2, 0.25) is 0 Å². The van der Waals surface area contributed by atoms with Crippen molar-refractivity contribution < 1.29 is 19.1 Å². The predicted molar refractivity (Wildman–Crippen MR) is 80.3 cm³/mol. The quantitative estimate of drug-likeness (QED) is 0.682. The Morgan fingerprint density at radius 1 is 1.19 bits per heavy atom. The standard InChI is InChI=1S/C15H19NO4S/c1-3-20-15(19)13-14(21-4-2)11-9(17)7-5-6-8-10(18)12(11)16-13/h16H,3-8H2,1-2H3. The maximum Gasteiger partial charge on any atom is 0.355 e. The van der Waals surface area contributed by atoms with Crippen LogP contribution in [0.5, 0.6) is 0 Å². The van der Waals surface area contributed by atoms with Gasteiger partial charge in [-0.05, 0) is 25.5 Å². The number of rotatable bonds is 4. The van der Waals surface area contributed by atoms with Crippen molar-refractivity contribution >= 4 is 29.3 Å². The zero-order valence-electron chi connectivity index (χ0n) is 12.3. The molecule has 1 aliphatic rings. The van der Waals surface area contributed by atoms with E-state index in [1.165, 1.54) is 11.8 Å². The molecule has 1 aromatic rings. The van der Waals surface area contributed by atoms with Crippen LogP contribution >= 0.6 is 11.8 Å². The molecule has 5 nitrogen and oxygen atoms in total. The Morgan fingerprint density at radius 2 is 1.86 bits per heavy atom. The molecule has 0 fully saturated rings. The zero-order valence-corrected chi connectivity index (χ0v) is 13.1. The lowest BCUT2D eigenvalue weighted by Gasteiger charge is -2.09. The Hall–Kier alpha value is -1.56. The third kappa shape index (κ3) is 3.20. The van der Waals surface area contributed by atoms with Crippen molar-refractivity contribution in [1.29, 1.82) is 0 Å². The monoisotopic (exact) mass is 309 g/mol. The van der Waals surface area contributed by atoms with Gasteiger partial charge in [0.05, 0.1) is 22.8 Å². The summed E-state index contributed by atoms with van der Waals surface area (Å²) in [6.07, 6.45) is 2.23. The minimum atomic E-state index is -0.513. The van der Waals surface area contributed by atoms with Crippen LogP contribution in [0.3, 0.4) is 0 Å². The summed E-state index contributed by atoms with van der Waals surface area (Å²) in [5.74, 6) is 0.0196. The van der Waals surface area contributed by atoms with Crippen molar-refractivity contribution in [3.63, 3.8) is 0 Å². The summed E-state index contributed by atoms with van der Waals surface area (Å²) < 4.78 is 5.02. The molecule has 0 amide bonds. The molecule has 1 N–H and O–H groups in total. The van der Waals surface area contributed by atoms with Gasteiger partial charge >= 0.3 is 5.97 Å². The highest BCUT2D eigenvalue weighted by molar-refractivity contribution is 7.99. The Kier molecular flexibility index (Phi) is 5.22. The second kappa shape index (κ2) is 6.93. The molecule has 6 heteroatoms. The SMILES string of the molecule is CCOC(=O)c1[nH]c2c(c1SCC)C(=O)CCCCC2=O. The molecule has 2 rings (SSSR count). The second-order valence-electron chi connectivity index (χ2n) is 4.79. The van der Waals surface area contributed by atoms with E-state index >= 15 is 0 Å². The molecule has 0 unspecified atom stereocenters. The smallest absolute Gasteiger partial charge is 0.355 e. The molecule has 1 aromatic heterocycles. The number of nitrogens with one attached hydrogen (secondary N) is 1. The third-order valence-corrected chi connectivity index (χ3v) is 4.32. The first-order chi connectivity index (χ1) is 10.1. The molecule has 114 valence electrons. The minimum Gasteiger partial charge on any atom is -0.461 e. The average Bonchev–Trinajstić information content (AvgIpc) is 2.82. The largest absolute Gasteiger partial charge is 0.461 e. The van der Waals surface area contributed by atoms with Gasteiger partial charge in [0.1, 0.15) is 5.69 Å². The molecule has 21 heavy (non-hydrogen) atoms. The highest BCUT2D eigenvalue weighted by Gasteiger charge is 2.30. The van der Waals surface area contributed by atoms with Gasteiger partial charge in [-0.1, -0.05) is 6.92 Å². The number of hydrogen-bond donors (Lipinski definition) is 1. The Morgan fingerprint density at radius 3 is 2.48 bits per heavy atom. The number of Topliss-reactive ketones (excluding diaryl/α,β-unsaturated/α-hetero) is 2. The van der Waals surface area contributed by atoms with E-state index in [0.29, 0.717) is 41.9 Å². The number of carbonyl (C=O) groups is 3. The van der Waals surface area contributed by atoms with Gasteiger partial charge in [-0.2, -0.15) is 0 Å². The summed E-state index contributed by atoms with van der Waals surface area (Å²) in [7, 11) is 0. The first-order valence-electron chi connectivity index (χ1n) is 7.22. The fourth-order valence-corrected chi connectivity index (χ4v) is 3.34. The second-order valence-corrected chi connectivity index (χ2v) is 6.06. The third-order valence-electron chi connectivity index (χ3n) is 3.34. The number of ketones is 2. The average molecular weight is 309 g/mol. The van der Waals surface area contributed by atoms with Crippen molar-refractivity contribution in [2.75, 3.05) is 12.4 Å². The van der Waals surface area contributed by atoms with Crippen LogP contribution in [0, 0.1) is 0 Å². The van der Waals surface area contributed by atoms with Gasteiger partial charge in [-0.15, -0.1) is 11.8 Å². The lowest BCUT2D eigenvalue weighted by atomic mass is 9.97. The molecule has 0 radical (unpaired) electrons. The maximum atomic E-state index is 12.4. The summed E-state index contributed by atoms with van der Waals surface area (Å²) in [5.41, 5.74) is 0.894. The number of thioether (sulfide) groups is 1. The van der Waals surface area contributed by atoms with Gasteiger partial charge in [-0.25, -0.2) is 4.79 Å². The van der Waals surface area contributed by atoms with E-state index in [9.17, 15) is 14.4 Å². The van der Waals surface area contributed by atoms with Crippen LogP contribution in [0.15, 0.2) is 4.90 Å². The minimum absolute atomic E-state index is 0.0687. The van der Waals surface area contributed by atoms with Gasteiger partial charge in [0.25, 0.3) is 0 Å². The number of hydrogen-bond acceptors (Lipinski definition) is 5. The Bertz CT molecular complexity index is 576. The maximum absolute atomic E-state index is 12.4. The Labute approximate surface area is 127 Å². The Balaban J connectivity index is 2.57. The molecule has 1 heterocycles. The number of H-pyrrole nitrogens is 1. The van der Waals surface area contributed by atoms with Crippen LogP contribution in [0.4, 0.5) is 0 Å². The van der Waals surface area contributed by atoms with Crippen molar-refractivity contribution in [1.82, 2.24) is 4.98 Å². The summed E-state index contributed by atoms with van der Waals surface area (Å²) in [6.45, 7) is 3.91. The van der Waals surface area contributed by atoms with E-state index in [4.69, 9.17) is 4.74 Å². The summed E-state index contributed by atoms with van der Waals surface area (Å²) in [6, 6.07) is 0. The lowest BCUT2D eigenvalue weighted by molar-refractivity contribution is 0.0516. The normalized spacial score (nSPS) is 15.3. The number of aromatic nitrogens is 1. The number of esters is 1. The summed E-state index contributed by atoms with van der Waals surface area (Å²) in [4.78, 5) is 40.0. The predicted octanol–water partition coefficient (Wildman–Crippen LogP) is 3.24. The van der Waals surface area contributed by atoms with Crippen molar-refractivity contribution in [3.05, 3.63) is 17.0 Å². The van der Waals surface area contributed by atoms with E-state index in [-0.39, 0.29) is 29.6 Å². The number of ether oxygens (including phenoxy) is 1. The van der Waals surface area contributed by atoms with E-state index in [0.717, 1.165) is 0 Å². The van der Waals surface area contributed by atoms with Crippen molar-refractivity contribution in [2.45, 2.75) is 44.4 Å². The van der Waals surface area contributed by atoms with Crippen molar-refractivity contribution in [3.8, 4) is 0 Å². The number of aromatic amines is 1. The first-order valence-corrected chi connectivity index (χ1v) is 8.20.